The minimum absolute atomic E-state index is 0.00952. The van der Waals surface area contributed by atoms with Gasteiger partial charge in [-0.05, 0) is 19.4 Å². The first kappa shape index (κ1) is 16.7. The van der Waals surface area contributed by atoms with Gasteiger partial charge in [0.15, 0.2) is 0 Å². The second-order valence-electron chi connectivity index (χ2n) is 5.79. The van der Waals surface area contributed by atoms with Gasteiger partial charge in [-0.15, -0.1) is 0 Å². The van der Waals surface area contributed by atoms with E-state index < -0.39 is 4.92 Å². The Hall–Kier alpha value is -2.12. The fraction of sp³-hybridized carbons (Fsp3) is 0.438. The van der Waals surface area contributed by atoms with E-state index in [2.05, 4.69) is 10.00 Å². The van der Waals surface area contributed by atoms with Crippen LogP contribution in [0.25, 0.3) is 0 Å². The number of nitrogens with zero attached hydrogens (tertiary/aromatic N) is 4. The van der Waals surface area contributed by atoms with Crippen molar-refractivity contribution < 1.29 is 9.66 Å². The molecule has 2 heterocycles. The Balaban J connectivity index is 1.86. The molecule has 1 aromatic carbocycles. The van der Waals surface area contributed by atoms with E-state index in [9.17, 15) is 10.1 Å². The number of nitro groups is 1. The molecular formula is C16H19ClN4O3. The van der Waals surface area contributed by atoms with Crippen LogP contribution in [0.1, 0.15) is 24.2 Å². The SMILES string of the molecule is CCn1cc(C2CN(c3c(C)cc([N+](=O)[O-])cc3Cl)CCO2)cn1. The van der Waals surface area contributed by atoms with Gasteiger partial charge in [-0.2, -0.15) is 5.10 Å². The molecule has 2 aromatic rings. The van der Waals surface area contributed by atoms with E-state index in [0.717, 1.165) is 23.4 Å². The van der Waals surface area contributed by atoms with Gasteiger partial charge >= 0.3 is 0 Å². The van der Waals surface area contributed by atoms with Crippen LogP contribution in [0.5, 0.6) is 0 Å². The largest absolute Gasteiger partial charge is 0.370 e. The molecule has 0 saturated carbocycles. The van der Waals surface area contributed by atoms with Gasteiger partial charge < -0.3 is 9.64 Å². The molecule has 1 saturated heterocycles. The molecule has 0 radical (unpaired) electrons. The highest BCUT2D eigenvalue weighted by Gasteiger charge is 2.26. The van der Waals surface area contributed by atoms with E-state index in [1.54, 1.807) is 6.07 Å². The van der Waals surface area contributed by atoms with E-state index in [-0.39, 0.29) is 11.8 Å². The Labute approximate surface area is 144 Å². The lowest BCUT2D eigenvalue weighted by Crippen LogP contribution is -2.38. The summed E-state index contributed by atoms with van der Waals surface area (Å²) in [5.41, 5.74) is 2.66. The van der Waals surface area contributed by atoms with Crippen molar-refractivity contribution in [3.05, 3.63) is 50.8 Å². The molecule has 1 aliphatic heterocycles. The molecule has 1 unspecified atom stereocenters. The van der Waals surface area contributed by atoms with Gasteiger partial charge in [0.1, 0.15) is 6.10 Å². The number of hydrogen-bond donors (Lipinski definition) is 0. The molecule has 0 aliphatic carbocycles. The Morgan fingerprint density at radius 1 is 1.50 bits per heavy atom. The number of anilines is 1. The van der Waals surface area contributed by atoms with Gasteiger partial charge in [-0.3, -0.25) is 14.8 Å². The van der Waals surface area contributed by atoms with Gasteiger partial charge in [0.05, 0.1) is 28.4 Å². The highest BCUT2D eigenvalue weighted by atomic mass is 35.5. The number of benzene rings is 1. The third-order valence-electron chi connectivity index (χ3n) is 4.18. The zero-order valence-electron chi connectivity index (χ0n) is 13.6. The van der Waals surface area contributed by atoms with Crippen LogP contribution in [0.3, 0.4) is 0 Å². The zero-order valence-corrected chi connectivity index (χ0v) is 14.4. The van der Waals surface area contributed by atoms with Crippen LogP contribution in [0.15, 0.2) is 24.5 Å². The fourth-order valence-corrected chi connectivity index (χ4v) is 3.38. The summed E-state index contributed by atoms with van der Waals surface area (Å²) in [4.78, 5) is 12.7. The smallest absolute Gasteiger partial charge is 0.271 e. The first-order valence-electron chi connectivity index (χ1n) is 7.83. The Morgan fingerprint density at radius 2 is 2.29 bits per heavy atom. The molecule has 1 aromatic heterocycles. The van der Waals surface area contributed by atoms with Gasteiger partial charge in [0, 0.05) is 43.5 Å². The summed E-state index contributed by atoms with van der Waals surface area (Å²) in [5.74, 6) is 0. The molecule has 8 heteroatoms. The quantitative estimate of drug-likeness (QED) is 0.624. The second-order valence-corrected chi connectivity index (χ2v) is 6.19. The molecule has 3 rings (SSSR count). The summed E-state index contributed by atoms with van der Waals surface area (Å²) in [6.45, 7) is 6.57. The molecule has 0 amide bonds. The molecule has 1 aliphatic rings. The van der Waals surface area contributed by atoms with Crippen LogP contribution in [-0.2, 0) is 11.3 Å². The average Bonchev–Trinajstić information content (AvgIpc) is 3.03. The van der Waals surface area contributed by atoms with Crippen molar-refractivity contribution in [1.29, 1.82) is 0 Å². The van der Waals surface area contributed by atoms with E-state index in [1.165, 1.54) is 6.07 Å². The Kier molecular flexibility index (Phi) is 4.73. The third-order valence-corrected chi connectivity index (χ3v) is 4.47. The highest BCUT2D eigenvalue weighted by molar-refractivity contribution is 6.33. The maximum Gasteiger partial charge on any atom is 0.271 e. The maximum atomic E-state index is 11.0. The van der Waals surface area contributed by atoms with Crippen molar-refractivity contribution >= 4 is 23.0 Å². The van der Waals surface area contributed by atoms with E-state index in [0.29, 0.717) is 24.7 Å². The van der Waals surface area contributed by atoms with Gasteiger partial charge in [-0.1, -0.05) is 11.6 Å². The summed E-state index contributed by atoms with van der Waals surface area (Å²) < 4.78 is 7.73. The van der Waals surface area contributed by atoms with E-state index in [4.69, 9.17) is 16.3 Å². The zero-order chi connectivity index (χ0) is 17.3. The van der Waals surface area contributed by atoms with Crippen molar-refractivity contribution in [2.45, 2.75) is 26.5 Å². The molecule has 24 heavy (non-hydrogen) atoms. The van der Waals surface area contributed by atoms with Gasteiger partial charge in [-0.25, -0.2) is 0 Å². The molecule has 128 valence electrons. The second kappa shape index (κ2) is 6.78. The number of aryl methyl sites for hydroxylation is 2. The average molecular weight is 351 g/mol. The summed E-state index contributed by atoms with van der Waals surface area (Å²) in [6, 6.07) is 2.96. The predicted molar refractivity (Wildman–Crippen MR) is 91.7 cm³/mol. The molecule has 0 N–H and O–H groups in total. The van der Waals surface area contributed by atoms with Crippen molar-refractivity contribution in [2.75, 3.05) is 24.6 Å². The van der Waals surface area contributed by atoms with Gasteiger partial charge in [0.25, 0.3) is 5.69 Å². The van der Waals surface area contributed by atoms with Crippen molar-refractivity contribution in [3.63, 3.8) is 0 Å². The van der Waals surface area contributed by atoms with Crippen LogP contribution >= 0.6 is 11.6 Å². The van der Waals surface area contributed by atoms with Crippen LogP contribution in [0, 0.1) is 17.0 Å². The van der Waals surface area contributed by atoms with E-state index in [1.807, 2.05) is 30.9 Å². The van der Waals surface area contributed by atoms with Crippen LogP contribution < -0.4 is 4.90 Å². The van der Waals surface area contributed by atoms with Crippen molar-refractivity contribution in [2.24, 2.45) is 0 Å². The normalized spacial score (nSPS) is 18.0. The number of rotatable bonds is 4. The predicted octanol–water partition coefficient (Wildman–Crippen LogP) is 3.35. The number of ether oxygens (including phenoxy) is 1. The van der Waals surface area contributed by atoms with Crippen molar-refractivity contribution in [3.8, 4) is 0 Å². The first-order valence-corrected chi connectivity index (χ1v) is 8.20. The monoisotopic (exact) mass is 350 g/mol. The molecule has 7 nitrogen and oxygen atoms in total. The Morgan fingerprint density at radius 3 is 2.92 bits per heavy atom. The first-order chi connectivity index (χ1) is 11.5. The summed E-state index contributed by atoms with van der Waals surface area (Å²) in [5, 5.41) is 15.7. The van der Waals surface area contributed by atoms with Crippen LogP contribution in [0.4, 0.5) is 11.4 Å². The highest BCUT2D eigenvalue weighted by Crippen LogP contribution is 2.36. The lowest BCUT2D eigenvalue weighted by molar-refractivity contribution is -0.384. The van der Waals surface area contributed by atoms with Gasteiger partial charge in [0.2, 0.25) is 0 Å². The fourth-order valence-electron chi connectivity index (χ4n) is 3.00. The number of aromatic nitrogens is 2. The van der Waals surface area contributed by atoms with Crippen molar-refractivity contribution in [1.82, 2.24) is 9.78 Å². The minimum Gasteiger partial charge on any atom is -0.370 e. The lowest BCUT2D eigenvalue weighted by atomic mass is 10.1. The minimum atomic E-state index is -0.427. The van der Waals surface area contributed by atoms with Crippen LogP contribution in [-0.4, -0.2) is 34.4 Å². The topological polar surface area (TPSA) is 73.4 Å². The van der Waals surface area contributed by atoms with E-state index >= 15 is 0 Å². The molecule has 0 spiro atoms. The number of morpholine rings is 1. The third kappa shape index (κ3) is 3.22. The number of nitro benzene ring substituents is 1. The summed E-state index contributed by atoms with van der Waals surface area (Å²) in [7, 11) is 0. The molecule has 1 atom stereocenters. The van der Waals surface area contributed by atoms with Crippen LogP contribution in [0.2, 0.25) is 5.02 Å². The molecule has 0 bridgehead atoms. The standard InChI is InChI=1S/C16H19ClN4O3/c1-3-20-9-12(8-18-20)15-10-19(4-5-24-15)16-11(2)6-13(21(22)23)7-14(16)17/h6-9,15H,3-5,10H2,1-2H3. The number of hydrogen-bond acceptors (Lipinski definition) is 5. The number of non-ortho nitro benzene ring substituents is 1. The number of halogens is 1. The Bertz CT molecular complexity index is 739. The molecular weight excluding hydrogens is 332 g/mol. The summed E-state index contributed by atoms with van der Waals surface area (Å²) >= 11 is 6.33. The lowest BCUT2D eigenvalue weighted by Gasteiger charge is -2.35. The summed E-state index contributed by atoms with van der Waals surface area (Å²) in [6.07, 6.45) is 3.71. The molecule has 1 fully saturated rings. The maximum absolute atomic E-state index is 11.0.